The number of carboxylic acids is 1. The molecule has 116 valence electrons. The average molecular weight is 284 g/mol. The van der Waals surface area contributed by atoms with Crippen molar-refractivity contribution in [1.29, 1.82) is 0 Å². The molecule has 3 N–H and O–H groups in total. The molecule has 0 bridgehead atoms. The van der Waals surface area contributed by atoms with Crippen LogP contribution in [-0.2, 0) is 4.79 Å². The van der Waals surface area contributed by atoms with Gasteiger partial charge in [-0.1, -0.05) is 46.0 Å². The van der Waals surface area contributed by atoms with Crippen LogP contribution in [0.15, 0.2) is 0 Å². The van der Waals surface area contributed by atoms with Crippen molar-refractivity contribution in [2.24, 2.45) is 0 Å². The molecule has 0 aromatic rings. The topological polar surface area (TPSA) is 78.4 Å². The highest BCUT2D eigenvalue weighted by atomic mass is 16.4. The van der Waals surface area contributed by atoms with E-state index in [-0.39, 0.29) is 12.1 Å². The van der Waals surface area contributed by atoms with Crippen LogP contribution in [0.1, 0.15) is 71.6 Å². The van der Waals surface area contributed by atoms with Crippen molar-refractivity contribution in [3.05, 3.63) is 0 Å². The maximum Gasteiger partial charge on any atom is 0.329 e. The molecule has 1 rings (SSSR count). The summed E-state index contributed by atoms with van der Waals surface area (Å²) in [5, 5.41) is 15.2. The van der Waals surface area contributed by atoms with Crippen molar-refractivity contribution in [3.63, 3.8) is 0 Å². The molecule has 0 aromatic carbocycles. The van der Waals surface area contributed by atoms with Gasteiger partial charge in [0, 0.05) is 6.04 Å². The van der Waals surface area contributed by atoms with Crippen LogP contribution in [0.3, 0.4) is 0 Å². The van der Waals surface area contributed by atoms with Gasteiger partial charge >= 0.3 is 12.0 Å². The van der Waals surface area contributed by atoms with Gasteiger partial charge in [0.05, 0.1) is 0 Å². The second-order valence-corrected chi connectivity index (χ2v) is 5.79. The number of urea groups is 1. The van der Waals surface area contributed by atoms with Crippen molar-refractivity contribution >= 4 is 12.0 Å². The lowest BCUT2D eigenvalue weighted by Gasteiger charge is -2.30. The molecular weight excluding hydrogens is 256 g/mol. The van der Waals surface area contributed by atoms with Crippen LogP contribution in [0.4, 0.5) is 4.79 Å². The lowest BCUT2D eigenvalue weighted by atomic mass is 9.90. The lowest BCUT2D eigenvalue weighted by Crippen LogP contribution is -2.58. The lowest BCUT2D eigenvalue weighted by molar-refractivity contribution is -0.145. The Morgan fingerprint density at radius 1 is 1.15 bits per heavy atom. The minimum Gasteiger partial charge on any atom is -0.480 e. The molecule has 0 saturated heterocycles. The molecule has 5 heteroatoms. The Bertz CT molecular complexity index is 323. The largest absolute Gasteiger partial charge is 0.480 e. The van der Waals surface area contributed by atoms with E-state index in [1.807, 2.05) is 6.92 Å². The van der Waals surface area contributed by atoms with Gasteiger partial charge in [-0.15, -0.1) is 0 Å². The maximum atomic E-state index is 12.1. The number of hydrogen-bond acceptors (Lipinski definition) is 2. The number of nitrogens with one attached hydrogen (secondary N) is 2. The van der Waals surface area contributed by atoms with Crippen molar-refractivity contribution in [2.75, 3.05) is 0 Å². The van der Waals surface area contributed by atoms with Gasteiger partial charge in [0.2, 0.25) is 0 Å². The van der Waals surface area contributed by atoms with Crippen LogP contribution in [-0.4, -0.2) is 28.7 Å². The molecule has 20 heavy (non-hydrogen) atoms. The summed E-state index contributed by atoms with van der Waals surface area (Å²) >= 11 is 0. The number of rotatable bonds is 6. The zero-order chi connectivity index (χ0) is 15.0. The molecule has 1 unspecified atom stereocenters. The number of amides is 2. The SMILES string of the molecule is CCCC(CC)NC(=O)NC1(C(=O)O)CCCCCC1. The molecule has 0 heterocycles. The van der Waals surface area contributed by atoms with Crippen molar-refractivity contribution in [2.45, 2.75) is 83.2 Å². The van der Waals surface area contributed by atoms with Gasteiger partial charge in [-0.3, -0.25) is 0 Å². The minimum absolute atomic E-state index is 0.122. The van der Waals surface area contributed by atoms with E-state index in [2.05, 4.69) is 17.6 Å². The summed E-state index contributed by atoms with van der Waals surface area (Å²) < 4.78 is 0. The monoisotopic (exact) mass is 284 g/mol. The van der Waals surface area contributed by atoms with Gasteiger partial charge in [0.15, 0.2) is 0 Å². The predicted octanol–water partition coefficient (Wildman–Crippen LogP) is 3.04. The Hall–Kier alpha value is -1.26. The number of hydrogen-bond donors (Lipinski definition) is 3. The standard InChI is InChI=1S/C15H28N2O3/c1-3-9-12(4-2)16-14(20)17-15(13(18)19)10-7-5-6-8-11-15/h12H,3-11H2,1-2H3,(H,18,19)(H2,16,17,20). The number of carbonyl (C=O) groups excluding carboxylic acids is 1. The van der Waals surface area contributed by atoms with E-state index < -0.39 is 11.5 Å². The first-order valence-electron chi connectivity index (χ1n) is 7.86. The Morgan fingerprint density at radius 3 is 2.20 bits per heavy atom. The second-order valence-electron chi connectivity index (χ2n) is 5.79. The van der Waals surface area contributed by atoms with Gasteiger partial charge in [0.25, 0.3) is 0 Å². The van der Waals surface area contributed by atoms with E-state index in [1.54, 1.807) is 0 Å². The maximum absolute atomic E-state index is 12.1. The summed E-state index contributed by atoms with van der Waals surface area (Å²) in [5.41, 5.74) is -1.08. The van der Waals surface area contributed by atoms with E-state index in [1.165, 1.54) is 0 Å². The van der Waals surface area contributed by atoms with Crippen LogP contribution in [0.2, 0.25) is 0 Å². The van der Waals surface area contributed by atoms with Crippen molar-refractivity contribution in [3.8, 4) is 0 Å². The third-order valence-corrected chi connectivity index (χ3v) is 4.18. The summed E-state index contributed by atoms with van der Waals surface area (Å²) in [5.74, 6) is -0.905. The quantitative estimate of drug-likeness (QED) is 0.656. The third kappa shape index (κ3) is 4.69. The van der Waals surface area contributed by atoms with Gasteiger partial charge in [-0.2, -0.15) is 0 Å². The first kappa shape index (κ1) is 16.8. The van der Waals surface area contributed by atoms with Crippen molar-refractivity contribution in [1.82, 2.24) is 10.6 Å². The summed E-state index contributed by atoms with van der Waals surface area (Å²) in [6.07, 6.45) is 7.66. The van der Waals surface area contributed by atoms with Crippen LogP contribution >= 0.6 is 0 Å². The Balaban J connectivity index is 2.65. The molecule has 1 aliphatic carbocycles. The highest BCUT2D eigenvalue weighted by molar-refractivity contribution is 5.86. The van der Waals surface area contributed by atoms with E-state index in [9.17, 15) is 14.7 Å². The molecule has 0 aliphatic heterocycles. The minimum atomic E-state index is -1.08. The Labute approximate surface area is 121 Å². The van der Waals surface area contributed by atoms with Crippen LogP contribution in [0, 0.1) is 0 Å². The number of carboxylic acid groups (broad SMARTS) is 1. The van der Waals surface area contributed by atoms with E-state index in [4.69, 9.17) is 0 Å². The fourth-order valence-corrected chi connectivity index (χ4v) is 2.89. The molecular formula is C15H28N2O3. The fraction of sp³-hybridized carbons (Fsp3) is 0.867. The second kappa shape index (κ2) is 8.12. The van der Waals surface area contributed by atoms with E-state index in [0.29, 0.717) is 12.8 Å². The zero-order valence-electron chi connectivity index (χ0n) is 12.7. The van der Waals surface area contributed by atoms with Crippen LogP contribution in [0.5, 0.6) is 0 Å². The molecule has 1 aliphatic rings. The zero-order valence-corrected chi connectivity index (χ0v) is 12.7. The third-order valence-electron chi connectivity index (χ3n) is 4.18. The molecule has 0 radical (unpaired) electrons. The Morgan fingerprint density at radius 2 is 1.75 bits per heavy atom. The summed E-state index contributed by atoms with van der Waals surface area (Å²) in [6.45, 7) is 4.10. The Kier molecular flexibility index (Phi) is 6.82. The van der Waals surface area contributed by atoms with Crippen LogP contribution < -0.4 is 10.6 Å². The first-order chi connectivity index (χ1) is 9.54. The van der Waals surface area contributed by atoms with Gasteiger partial charge in [-0.25, -0.2) is 9.59 Å². The highest BCUT2D eigenvalue weighted by Crippen LogP contribution is 2.27. The van der Waals surface area contributed by atoms with Gasteiger partial charge in [0.1, 0.15) is 5.54 Å². The molecule has 0 aromatic heterocycles. The highest BCUT2D eigenvalue weighted by Gasteiger charge is 2.40. The van der Waals surface area contributed by atoms with Gasteiger partial charge < -0.3 is 15.7 Å². The summed E-state index contributed by atoms with van der Waals surface area (Å²) in [6, 6.07) is -0.216. The smallest absolute Gasteiger partial charge is 0.329 e. The van der Waals surface area contributed by atoms with E-state index >= 15 is 0 Å². The van der Waals surface area contributed by atoms with Crippen LogP contribution in [0.25, 0.3) is 0 Å². The molecule has 5 nitrogen and oxygen atoms in total. The molecule has 1 atom stereocenters. The summed E-state index contributed by atoms with van der Waals surface area (Å²) in [4.78, 5) is 23.7. The predicted molar refractivity (Wildman–Crippen MR) is 78.7 cm³/mol. The van der Waals surface area contributed by atoms with E-state index in [0.717, 1.165) is 44.9 Å². The van der Waals surface area contributed by atoms with Gasteiger partial charge in [-0.05, 0) is 25.7 Å². The van der Waals surface area contributed by atoms with Crippen molar-refractivity contribution < 1.29 is 14.7 Å². The molecule has 1 fully saturated rings. The molecule has 1 saturated carbocycles. The number of aliphatic carboxylic acids is 1. The first-order valence-corrected chi connectivity index (χ1v) is 7.86. The summed E-state index contributed by atoms with van der Waals surface area (Å²) in [7, 11) is 0. The molecule has 0 spiro atoms. The fourth-order valence-electron chi connectivity index (χ4n) is 2.89. The normalized spacial score (nSPS) is 19.7. The average Bonchev–Trinajstić information content (AvgIpc) is 2.64. The molecule has 2 amide bonds. The number of carbonyl (C=O) groups is 2.